The number of methoxy groups -OCH3 is 1. The van der Waals surface area contributed by atoms with E-state index in [0.29, 0.717) is 5.41 Å². The second kappa shape index (κ2) is 13.2. The summed E-state index contributed by atoms with van der Waals surface area (Å²) >= 11 is 0. The molecule has 2 aromatic rings. The molecule has 15 heteroatoms. The van der Waals surface area contributed by atoms with Crippen molar-refractivity contribution in [2.24, 2.45) is 7.05 Å². The Labute approximate surface area is 220 Å². The van der Waals surface area contributed by atoms with Crippen molar-refractivity contribution in [1.82, 2.24) is 14.7 Å². The van der Waals surface area contributed by atoms with Crippen molar-refractivity contribution in [2.75, 3.05) is 44.8 Å². The molecule has 9 nitrogen and oxygen atoms in total. The van der Waals surface area contributed by atoms with Gasteiger partial charge in [-0.3, -0.25) is 9.58 Å². The van der Waals surface area contributed by atoms with Crippen LogP contribution in [0.15, 0.2) is 36.7 Å². The lowest BCUT2D eigenvalue weighted by Gasteiger charge is -2.40. The molecular weight excluding hydrogens is 538 g/mol. The Morgan fingerprint density at radius 3 is 2.03 bits per heavy atom. The van der Waals surface area contributed by atoms with Gasteiger partial charge in [0.05, 0.1) is 12.8 Å². The topological polar surface area (TPSA) is 108 Å². The van der Waals surface area contributed by atoms with Crippen LogP contribution in [0.1, 0.15) is 24.0 Å². The van der Waals surface area contributed by atoms with Crippen LogP contribution >= 0.6 is 0 Å². The Kier molecular flexibility index (Phi) is 10.8. The normalized spacial score (nSPS) is 16.6. The maximum atomic E-state index is 10.6. The molecule has 0 atom stereocenters. The summed E-state index contributed by atoms with van der Waals surface area (Å²) in [5.41, 5.74) is 4.59. The number of nitrogens with zero attached hydrogens (tertiary/aromatic N) is 4. The van der Waals surface area contributed by atoms with Crippen molar-refractivity contribution in [2.45, 2.75) is 37.2 Å². The van der Waals surface area contributed by atoms with Gasteiger partial charge in [0, 0.05) is 56.7 Å². The van der Waals surface area contributed by atoms with Crippen molar-refractivity contribution in [1.29, 1.82) is 0 Å². The molecule has 218 valence electrons. The molecule has 1 aromatic heterocycles. The maximum absolute atomic E-state index is 10.6. The SMILES string of the molecule is COCCN1CC2(CCN(Cc3cnn(C)c3)CC2)c2ccccc21.O=C(O)C(F)(F)F.O=C(O)C(F)(F)F. The number of anilines is 1. The number of aryl methyl sites for hydroxylation is 1. The predicted molar refractivity (Wildman–Crippen MR) is 127 cm³/mol. The number of halogens is 6. The zero-order chi connectivity index (χ0) is 29.4. The van der Waals surface area contributed by atoms with Crippen LogP contribution < -0.4 is 4.90 Å². The third-order valence-corrected chi connectivity index (χ3v) is 6.34. The van der Waals surface area contributed by atoms with Gasteiger partial charge in [-0.05, 0) is 37.6 Å². The summed E-state index contributed by atoms with van der Waals surface area (Å²) in [5, 5.41) is 18.5. The van der Waals surface area contributed by atoms with E-state index in [1.165, 1.54) is 24.1 Å². The van der Waals surface area contributed by atoms with Gasteiger partial charge in [-0.25, -0.2) is 9.59 Å². The van der Waals surface area contributed by atoms with E-state index in [9.17, 15) is 26.3 Å². The summed E-state index contributed by atoms with van der Waals surface area (Å²) in [6.07, 6.45) is -3.59. The molecular formula is C24H30F6N4O5. The molecule has 1 saturated heterocycles. The van der Waals surface area contributed by atoms with Gasteiger partial charge in [0.15, 0.2) is 0 Å². The number of hydrogen-bond acceptors (Lipinski definition) is 6. The largest absolute Gasteiger partial charge is 0.490 e. The molecule has 2 N–H and O–H groups in total. The lowest BCUT2D eigenvalue weighted by Crippen LogP contribution is -2.45. The Morgan fingerprint density at radius 1 is 1.03 bits per heavy atom. The van der Waals surface area contributed by atoms with Gasteiger partial charge in [0.1, 0.15) is 0 Å². The third kappa shape index (κ3) is 9.13. The zero-order valence-electron chi connectivity index (χ0n) is 21.3. The molecule has 0 unspecified atom stereocenters. The van der Waals surface area contributed by atoms with Gasteiger partial charge in [-0.15, -0.1) is 0 Å². The number of carboxylic acids is 2. The molecule has 3 heterocycles. The summed E-state index contributed by atoms with van der Waals surface area (Å²) in [6, 6.07) is 8.98. The molecule has 4 rings (SSSR count). The minimum absolute atomic E-state index is 0.315. The first-order valence-electron chi connectivity index (χ1n) is 11.7. The maximum Gasteiger partial charge on any atom is 0.490 e. The number of hydrogen-bond donors (Lipinski definition) is 2. The van der Waals surface area contributed by atoms with E-state index in [1.807, 2.05) is 17.9 Å². The molecule has 2 aliphatic heterocycles. The number of piperidine rings is 1. The lowest BCUT2D eigenvalue weighted by atomic mass is 9.74. The van der Waals surface area contributed by atoms with Gasteiger partial charge in [-0.2, -0.15) is 31.4 Å². The van der Waals surface area contributed by atoms with Gasteiger partial charge in [0.25, 0.3) is 0 Å². The van der Waals surface area contributed by atoms with Crippen LogP contribution in [0.25, 0.3) is 0 Å². The summed E-state index contributed by atoms with van der Waals surface area (Å²) in [5.74, 6) is -5.51. The minimum Gasteiger partial charge on any atom is -0.475 e. The van der Waals surface area contributed by atoms with Crippen LogP contribution in [0.4, 0.5) is 32.0 Å². The quantitative estimate of drug-likeness (QED) is 0.526. The number of fused-ring (bicyclic) bond motifs is 2. The van der Waals surface area contributed by atoms with Crippen LogP contribution in [0.5, 0.6) is 0 Å². The first-order chi connectivity index (χ1) is 18.1. The summed E-state index contributed by atoms with van der Waals surface area (Å²) in [4.78, 5) is 22.9. The van der Waals surface area contributed by atoms with E-state index in [4.69, 9.17) is 24.5 Å². The highest BCUT2D eigenvalue weighted by atomic mass is 19.4. The van der Waals surface area contributed by atoms with Crippen LogP contribution in [0.2, 0.25) is 0 Å². The first-order valence-corrected chi connectivity index (χ1v) is 11.7. The number of aliphatic carboxylic acids is 2. The second-order valence-electron chi connectivity index (χ2n) is 9.12. The van der Waals surface area contributed by atoms with Crippen LogP contribution in [-0.4, -0.2) is 89.1 Å². The highest BCUT2D eigenvalue weighted by Crippen LogP contribution is 2.46. The number of aromatic nitrogens is 2. The summed E-state index contributed by atoms with van der Waals surface area (Å²) < 4.78 is 70.7. The molecule has 0 radical (unpaired) electrons. The molecule has 39 heavy (non-hydrogen) atoms. The third-order valence-electron chi connectivity index (χ3n) is 6.34. The van der Waals surface area contributed by atoms with E-state index in [1.54, 1.807) is 12.7 Å². The molecule has 1 fully saturated rings. The lowest BCUT2D eigenvalue weighted by molar-refractivity contribution is -0.193. The van der Waals surface area contributed by atoms with Crippen LogP contribution in [-0.2, 0) is 33.3 Å². The van der Waals surface area contributed by atoms with E-state index >= 15 is 0 Å². The molecule has 2 aliphatic rings. The van der Waals surface area contributed by atoms with E-state index < -0.39 is 24.3 Å². The number of ether oxygens (including phenoxy) is 1. The van der Waals surface area contributed by atoms with Crippen LogP contribution in [0.3, 0.4) is 0 Å². The van der Waals surface area contributed by atoms with E-state index in [-0.39, 0.29) is 0 Å². The van der Waals surface area contributed by atoms with Crippen LogP contribution in [0, 0.1) is 0 Å². The molecule has 0 saturated carbocycles. The minimum atomic E-state index is -5.08. The first kappa shape index (κ1) is 31.9. The Morgan fingerprint density at radius 2 is 1.56 bits per heavy atom. The average Bonchev–Trinajstić information content (AvgIpc) is 3.40. The molecule has 0 aliphatic carbocycles. The van der Waals surface area contributed by atoms with Gasteiger partial charge in [0.2, 0.25) is 0 Å². The zero-order valence-corrected chi connectivity index (χ0v) is 21.3. The molecule has 1 spiro atoms. The van der Waals surface area contributed by atoms with E-state index in [2.05, 4.69) is 45.4 Å². The van der Waals surface area contributed by atoms with Crippen molar-refractivity contribution >= 4 is 17.6 Å². The Hall–Kier alpha value is -3.33. The second-order valence-corrected chi connectivity index (χ2v) is 9.12. The highest BCUT2D eigenvalue weighted by Gasteiger charge is 2.44. The summed E-state index contributed by atoms with van der Waals surface area (Å²) in [6.45, 7) is 6.23. The standard InChI is InChI=1S/C20H28N4O.2C2HF3O2/c1-22-14-17(13-21-22)15-23-9-7-20(8-10-23)16-24(11-12-25-2)19-6-4-3-5-18(19)20;2*3-2(4,5)1(6)7/h3-6,13-14H,7-12,15-16H2,1-2H3;2*(H,6,7). The number of carbonyl (C=O) groups is 2. The average molecular weight is 569 g/mol. The van der Waals surface area contributed by atoms with Gasteiger partial charge in [-0.1, -0.05) is 18.2 Å². The Bertz CT molecular complexity index is 1070. The molecule has 0 bridgehead atoms. The monoisotopic (exact) mass is 568 g/mol. The van der Waals surface area contributed by atoms with Gasteiger partial charge >= 0.3 is 24.3 Å². The number of likely N-dealkylation sites (tertiary alicyclic amines) is 1. The van der Waals surface area contributed by atoms with E-state index in [0.717, 1.165) is 39.3 Å². The van der Waals surface area contributed by atoms with Crippen molar-refractivity contribution in [3.05, 3.63) is 47.8 Å². The van der Waals surface area contributed by atoms with Crippen molar-refractivity contribution in [3.63, 3.8) is 0 Å². The number of carboxylic acid groups (broad SMARTS) is 2. The van der Waals surface area contributed by atoms with Crippen molar-refractivity contribution < 1.29 is 50.9 Å². The fraction of sp³-hybridized carbons (Fsp3) is 0.542. The van der Waals surface area contributed by atoms with Crippen molar-refractivity contribution in [3.8, 4) is 0 Å². The fourth-order valence-corrected chi connectivity index (χ4v) is 4.51. The Balaban J connectivity index is 0.000000317. The number of alkyl halides is 6. The summed E-state index contributed by atoms with van der Waals surface area (Å²) in [7, 11) is 3.77. The fourth-order valence-electron chi connectivity index (χ4n) is 4.51. The predicted octanol–water partition coefficient (Wildman–Crippen LogP) is 3.69. The molecule has 0 amide bonds. The molecule has 1 aromatic carbocycles. The highest BCUT2D eigenvalue weighted by molar-refractivity contribution is 5.73. The van der Waals surface area contributed by atoms with Gasteiger partial charge < -0.3 is 19.8 Å². The number of rotatable bonds is 5. The number of benzene rings is 1. The smallest absolute Gasteiger partial charge is 0.475 e. The number of para-hydroxylation sites is 1.